The summed E-state index contributed by atoms with van der Waals surface area (Å²) in [6.45, 7) is 4.13. The number of hydrogen-bond donors (Lipinski definition) is 2. The van der Waals surface area contributed by atoms with Crippen LogP contribution in [-0.2, 0) is 10.0 Å². The predicted octanol–water partition coefficient (Wildman–Crippen LogP) is 5.53. The Bertz CT molecular complexity index is 1190. The van der Waals surface area contributed by atoms with E-state index in [-0.39, 0.29) is 10.6 Å². The molecule has 3 rings (SSSR count). The van der Waals surface area contributed by atoms with Gasteiger partial charge in [0.25, 0.3) is 15.9 Å². The van der Waals surface area contributed by atoms with Gasteiger partial charge >= 0.3 is 0 Å². The van der Waals surface area contributed by atoms with Crippen LogP contribution >= 0.6 is 11.6 Å². The first kappa shape index (κ1) is 22.7. The van der Waals surface area contributed by atoms with Gasteiger partial charge in [0.2, 0.25) is 0 Å². The van der Waals surface area contributed by atoms with Crippen LogP contribution in [-0.4, -0.2) is 21.4 Å². The van der Waals surface area contributed by atoms with Crippen molar-refractivity contribution in [2.75, 3.05) is 17.1 Å². The van der Waals surface area contributed by atoms with E-state index >= 15 is 0 Å². The number of hydrogen-bond acceptors (Lipinski definition) is 4. The van der Waals surface area contributed by atoms with Crippen molar-refractivity contribution in [2.24, 2.45) is 0 Å². The molecule has 0 unspecified atom stereocenters. The largest absolute Gasteiger partial charge is 0.495 e. The number of sulfonamides is 1. The van der Waals surface area contributed by atoms with E-state index in [1.165, 1.54) is 31.4 Å². The van der Waals surface area contributed by atoms with Crippen molar-refractivity contribution in [3.63, 3.8) is 0 Å². The van der Waals surface area contributed by atoms with Gasteiger partial charge < -0.3 is 10.1 Å². The normalized spacial score (nSPS) is 11.3. The highest BCUT2D eigenvalue weighted by molar-refractivity contribution is 7.92. The Kier molecular flexibility index (Phi) is 6.87. The fourth-order valence-corrected chi connectivity index (χ4v) is 4.20. The van der Waals surface area contributed by atoms with Gasteiger partial charge in [-0.3, -0.25) is 9.52 Å². The quantitative estimate of drug-likeness (QED) is 0.487. The van der Waals surface area contributed by atoms with E-state index in [2.05, 4.69) is 23.9 Å². The minimum absolute atomic E-state index is 0.0115. The van der Waals surface area contributed by atoms with E-state index in [4.69, 9.17) is 16.3 Å². The standard InChI is InChI=1S/C23H23ClN2O4S/c1-15(2)16-7-9-19(10-8-16)26-31(28,29)20-11-12-22(30-3)21(14-20)25-23(27)17-5-4-6-18(24)13-17/h4-15,26H,1-3H3,(H,25,27). The minimum atomic E-state index is -3.88. The van der Waals surface area contributed by atoms with Gasteiger partial charge in [0.1, 0.15) is 5.75 Å². The van der Waals surface area contributed by atoms with Gasteiger partial charge in [0, 0.05) is 16.3 Å². The van der Waals surface area contributed by atoms with Gasteiger partial charge in [-0.25, -0.2) is 8.42 Å². The third kappa shape index (κ3) is 5.57. The van der Waals surface area contributed by atoms with Gasteiger partial charge in [-0.1, -0.05) is 43.6 Å². The average molecular weight is 459 g/mol. The van der Waals surface area contributed by atoms with E-state index in [9.17, 15) is 13.2 Å². The highest BCUT2D eigenvalue weighted by Crippen LogP contribution is 2.29. The smallest absolute Gasteiger partial charge is 0.261 e. The summed E-state index contributed by atoms with van der Waals surface area (Å²) in [5.41, 5.74) is 2.12. The second kappa shape index (κ2) is 9.41. The fourth-order valence-electron chi connectivity index (χ4n) is 2.93. The molecule has 1 amide bonds. The summed E-state index contributed by atoms with van der Waals surface area (Å²) in [4.78, 5) is 12.6. The topological polar surface area (TPSA) is 84.5 Å². The van der Waals surface area contributed by atoms with Crippen LogP contribution in [0.4, 0.5) is 11.4 Å². The molecule has 3 aromatic rings. The molecule has 0 saturated carbocycles. The molecular formula is C23H23ClN2O4S. The molecule has 0 fully saturated rings. The molecule has 0 aliphatic carbocycles. The number of benzene rings is 3. The van der Waals surface area contributed by atoms with Crippen LogP contribution in [0.25, 0.3) is 0 Å². The molecule has 3 aromatic carbocycles. The van der Waals surface area contributed by atoms with Crippen LogP contribution in [0, 0.1) is 0 Å². The highest BCUT2D eigenvalue weighted by Gasteiger charge is 2.18. The molecule has 8 heteroatoms. The highest BCUT2D eigenvalue weighted by atomic mass is 35.5. The van der Waals surface area contributed by atoms with Crippen molar-refractivity contribution in [1.29, 1.82) is 0 Å². The number of methoxy groups -OCH3 is 1. The van der Waals surface area contributed by atoms with Gasteiger partial charge in [0.05, 0.1) is 17.7 Å². The Hall–Kier alpha value is -3.03. The molecule has 0 aromatic heterocycles. The number of amides is 1. The van der Waals surface area contributed by atoms with Crippen molar-refractivity contribution < 1.29 is 17.9 Å². The lowest BCUT2D eigenvalue weighted by Gasteiger charge is -2.14. The second-order valence-electron chi connectivity index (χ2n) is 7.21. The Morgan fingerprint density at radius 3 is 2.32 bits per heavy atom. The number of carbonyl (C=O) groups is 1. The first-order valence-electron chi connectivity index (χ1n) is 9.57. The molecule has 0 saturated heterocycles. The third-order valence-electron chi connectivity index (χ3n) is 4.65. The summed E-state index contributed by atoms with van der Waals surface area (Å²) in [5, 5.41) is 3.11. The zero-order chi connectivity index (χ0) is 22.6. The molecule has 0 radical (unpaired) electrons. The number of nitrogens with one attached hydrogen (secondary N) is 2. The molecule has 2 N–H and O–H groups in total. The molecule has 0 bridgehead atoms. The number of anilines is 2. The molecular weight excluding hydrogens is 436 g/mol. The van der Waals surface area contributed by atoms with Gasteiger partial charge in [-0.05, 0) is 60.0 Å². The van der Waals surface area contributed by atoms with Gasteiger partial charge in [0.15, 0.2) is 0 Å². The molecule has 0 aliphatic rings. The maximum absolute atomic E-state index is 12.9. The Balaban J connectivity index is 1.87. The molecule has 31 heavy (non-hydrogen) atoms. The summed E-state index contributed by atoms with van der Waals surface area (Å²) >= 11 is 5.95. The number of halogens is 1. The van der Waals surface area contributed by atoms with Crippen molar-refractivity contribution in [3.05, 3.63) is 82.9 Å². The second-order valence-corrected chi connectivity index (χ2v) is 9.33. The van der Waals surface area contributed by atoms with Crippen LogP contribution in [0.5, 0.6) is 5.75 Å². The summed E-state index contributed by atoms with van der Waals surface area (Å²) in [6.07, 6.45) is 0. The SMILES string of the molecule is COc1ccc(S(=O)(=O)Nc2ccc(C(C)C)cc2)cc1NC(=O)c1cccc(Cl)c1. The lowest BCUT2D eigenvalue weighted by molar-refractivity contribution is 0.102. The van der Waals surface area contributed by atoms with Crippen molar-refractivity contribution in [3.8, 4) is 5.75 Å². The number of rotatable bonds is 7. The monoisotopic (exact) mass is 458 g/mol. The lowest BCUT2D eigenvalue weighted by Crippen LogP contribution is -2.16. The van der Waals surface area contributed by atoms with E-state index in [0.29, 0.717) is 27.9 Å². The summed E-state index contributed by atoms with van der Waals surface area (Å²) < 4.78 is 33.6. The third-order valence-corrected chi connectivity index (χ3v) is 6.26. The van der Waals surface area contributed by atoms with Crippen LogP contribution in [0.3, 0.4) is 0 Å². The predicted molar refractivity (Wildman–Crippen MR) is 124 cm³/mol. The maximum atomic E-state index is 12.9. The first-order valence-corrected chi connectivity index (χ1v) is 11.4. The van der Waals surface area contributed by atoms with Crippen LogP contribution in [0.15, 0.2) is 71.6 Å². The van der Waals surface area contributed by atoms with Crippen molar-refractivity contribution in [1.82, 2.24) is 0 Å². The summed E-state index contributed by atoms with van der Waals surface area (Å²) in [6, 6.07) is 17.9. The zero-order valence-electron chi connectivity index (χ0n) is 17.3. The van der Waals surface area contributed by atoms with Crippen molar-refractivity contribution in [2.45, 2.75) is 24.7 Å². The van der Waals surface area contributed by atoms with Crippen molar-refractivity contribution >= 4 is 38.9 Å². The van der Waals surface area contributed by atoms with Crippen LogP contribution in [0.1, 0.15) is 35.7 Å². The Morgan fingerprint density at radius 2 is 1.71 bits per heavy atom. The molecule has 0 aliphatic heterocycles. The van der Waals surface area contributed by atoms with Crippen LogP contribution < -0.4 is 14.8 Å². The average Bonchev–Trinajstić information content (AvgIpc) is 2.73. The van der Waals surface area contributed by atoms with E-state index < -0.39 is 15.9 Å². The fraction of sp³-hybridized carbons (Fsp3) is 0.174. The van der Waals surface area contributed by atoms with Gasteiger partial charge in [-0.15, -0.1) is 0 Å². The first-order chi connectivity index (χ1) is 14.7. The Morgan fingerprint density at radius 1 is 1.00 bits per heavy atom. The van der Waals surface area contributed by atoms with E-state index in [0.717, 1.165) is 5.56 Å². The summed E-state index contributed by atoms with van der Waals surface area (Å²) in [5.74, 6) is 0.237. The van der Waals surface area contributed by atoms with Gasteiger partial charge in [-0.2, -0.15) is 0 Å². The number of carbonyl (C=O) groups excluding carboxylic acids is 1. The molecule has 0 spiro atoms. The lowest BCUT2D eigenvalue weighted by atomic mass is 10.0. The molecule has 162 valence electrons. The van der Waals surface area contributed by atoms with E-state index in [1.54, 1.807) is 30.3 Å². The summed E-state index contributed by atoms with van der Waals surface area (Å²) in [7, 11) is -2.44. The van der Waals surface area contributed by atoms with E-state index in [1.807, 2.05) is 12.1 Å². The Labute approximate surface area is 187 Å². The van der Waals surface area contributed by atoms with Crippen LogP contribution in [0.2, 0.25) is 5.02 Å². The number of ether oxygens (including phenoxy) is 1. The maximum Gasteiger partial charge on any atom is 0.261 e. The molecule has 0 atom stereocenters. The zero-order valence-corrected chi connectivity index (χ0v) is 18.9. The molecule has 0 heterocycles. The molecule has 6 nitrogen and oxygen atoms in total. The minimum Gasteiger partial charge on any atom is -0.495 e.